The number of nitrogens with zero attached hydrogens (tertiary/aromatic N) is 1. The Labute approximate surface area is 112 Å². The van der Waals surface area contributed by atoms with Crippen molar-refractivity contribution in [2.24, 2.45) is 0 Å². The Kier molecular flexibility index (Phi) is 4.50. The fraction of sp³-hybridized carbons (Fsp3) is 0.833. The minimum absolute atomic E-state index is 0.0800. The van der Waals surface area contributed by atoms with E-state index in [0.717, 1.165) is 25.9 Å². The fourth-order valence-corrected chi connectivity index (χ4v) is 3.26. The predicted molar refractivity (Wildman–Crippen MR) is 72.7 cm³/mol. The molecule has 18 heavy (non-hydrogen) atoms. The number of amides is 2. The standard InChI is InChI=1S/C12H21N3O2S/c1-3-8-6-15(9(4-2)5-13-8)11(16)10-7-18-12(17)14-10/h8-10,13H,3-7H2,1-2H3,(H,14,17). The van der Waals surface area contributed by atoms with Gasteiger partial charge >= 0.3 is 0 Å². The second kappa shape index (κ2) is 5.93. The Hall–Kier alpha value is -0.750. The topological polar surface area (TPSA) is 61.4 Å². The van der Waals surface area contributed by atoms with Gasteiger partial charge in [-0.2, -0.15) is 0 Å². The molecule has 3 atom stereocenters. The van der Waals surface area contributed by atoms with E-state index in [9.17, 15) is 9.59 Å². The van der Waals surface area contributed by atoms with Gasteiger partial charge in [0.25, 0.3) is 5.24 Å². The molecule has 0 aliphatic carbocycles. The summed E-state index contributed by atoms with van der Waals surface area (Å²) >= 11 is 1.20. The molecule has 0 aromatic heterocycles. The molecule has 0 radical (unpaired) electrons. The maximum absolute atomic E-state index is 12.4. The van der Waals surface area contributed by atoms with Crippen LogP contribution < -0.4 is 10.6 Å². The molecule has 0 spiro atoms. The lowest BCUT2D eigenvalue weighted by molar-refractivity contribution is -0.136. The van der Waals surface area contributed by atoms with Crippen molar-refractivity contribution in [3.8, 4) is 0 Å². The van der Waals surface area contributed by atoms with E-state index in [1.54, 1.807) is 0 Å². The molecule has 2 saturated heterocycles. The highest BCUT2D eigenvalue weighted by molar-refractivity contribution is 8.14. The number of carbonyl (C=O) groups excluding carboxylic acids is 2. The van der Waals surface area contributed by atoms with Crippen molar-refractivity contribution in [2.45, 2.75) is 44.8 Å². The molecule has 2 heterocycles. The quantitative estimate of drug-likeness (QED) is 0.797. The van der Waals surface area contributed by atoms with Crippen molar-refractivity contribution in [1.82, 2.24) is 15.5 Å². The Morgan fingerprint density at radius 2 is 2.22 bits per heavy atom. The third-order valence-electron chi connectivity index (χ3n) is 3.72. The van der Waals surface area contributed by atoms with Crippen LogP contribution in [0.2, 0.25) is 0 Å². The van der Waals surface area contributed by atoms with E-state index in [1.807, 2.05) is 4.90 Å². The number of thioether (sulfide) groups is 1. The molecule has 5 nitrogen and oxygen atoms in total. The molecule has 0 saturated carbocycles. The number of hydrogen-bond donors (Lipinski definition) is 2. The highest BCUT2D eigenvalue weighted by atomic mass is 32.2. The normalized spacial score (nSPS) is 32.4. The van der Waals surface area contributed by atoms with Crippen LogP contribution in [0.5, 0.6) is 0 Å². The molecular weight excluding hydrogens is 250 g/mol. The Morgan fingerprint density at radius 1 is 1.44 bits per heavy atom. The first-order valence-corrected chi connectivity index (χ1v) is 7.61. The first-order chi connectivity index (χ1) is 8.65. The van der Waals surface area contributed by atoms with Gasteiger partial charge in [0.1, 0.15) is 6.04 Å². The molecule has 2 aliphatic rings. The zero-order valence-corrected chi connectivity index (χ0v) is 11.8. The zero-order chi connectivity index (χ0) is 13.1. The molecular formula is C12H21N3O2S. The summed E-state index contributed by atoms with van der Waals surface area (Å²) in [4.78, 5) is 25.6. The highest BCUT2D eigenvalue weighted by Crippen LogP contribution is 2.19. The van der Waals surface area contributed by atoms with Crippen molar-refractivity contribution in [3.63, 3.8) is 0 Å². The molecule has 0 aromatic rings. The van der Waals surface area contributed by atoms with Gasteiger partial charge in [-0.05, 0) is 12.8 Å². The monoisotopic (exact) mass is 271 g/mol. The van der Waals surface area contributed by atoms with Gasteiger partial charge in [0.05, 0.1) is 0 Å². The van der Waals surface area contributed by atoms with Gasteiger partial charge in [0.2, 0.25) is 5.91 Å². The predicted octanol–water partition coefficient (Wildman–Crippen LogP) is 0.800. The summed E-state index contributed by atoms with van der Waals surface area (Å²) in [5, 5.41) is 6.13. The lowest BCUT2D eigenvalue weighted by atomic mass is 10.0. The maximum Gasteiger partial charge on any atom is 0.279 e. The minimum Gasteiger partial charge on any atom is -0.335 e. The first-order valence-electron chi connectivity index (χ1n) is 6.62. The summed E-state index contributed by atoms with van der Waals surface area (Å²) in [6, 6.07) is 0.302. The van der Waals surface area contributed by atoms with E-state index in [2.05, 4.69) is 24.5 Å². The van der Waals surface area contributed by atoms with Crippen LogP contribution in [0, 0.1) is 0 Å². The van der Waals surface area contributed by atoms with E-state index < -0.39 is 0 Å². The van der Waals surface area contributed by atoms with E-state index in [0.29, 0.717) is 11.8 Å². The SMILES string of the molecule is CCC1CN(C(=O)C2CSC(=O)N2)C(CC)CN1. The molecule has 102 valence electrons. The van der Waals surface area contributed by atoms with Gasteiger partial charge in [0, 0.05) is 30.9 Å². The molecule has 2 rings (SSSR count). The van der Waals surface area contributed by atoms with Gasteiger partial charge in [0.15, 0.2) is 0 Å². The van der Waals surface area contributed by atoms with E-state index >= 15 is 0 Å². The molecule has 2 aliphatic heterocycles. The van der Waals surface area contributed by atoms with Crippen LogP contribution >= 0.6 is 11.8 Å². The minimum atomic E-state index is -0.327. The van der Waals surface area contributed by atoms with Gasteiger partial charge in [-0.25, -0.2) is 0 Å². The first kappa shape index (κ1) is 13.7. The van der Waals surface area contributed by atoms with Gasteiger partial charge < -0.3 is 15.5 Å². The van der Waals surface area contributed by atoms with Crippen LogP contribution in [0.25, 0.3) is 0 Å². The molecule has 0 bridgehead atoms. The largest absolute Gasteiger partial charge is 0.335 e. The third kappa shape index (κ3) is 2.80. The van der Waals surface area contributed by atoms with Crippen LogP contribution in [0.3, 0.4) is 0 Å². The van der Waals surface area contributed by atoms with Crippen molar-refractivity contribution in [2.75, 3.05) is 18.8 Å². The van der Waals surface area contributed by atoms with Crippen molar-refractivity contribution >= 4 is 22.9 Å². The molecule has 2 N–H and O–H groups in total. The van der Waals surface area contributed by atoms with Crippen LogP contribution in [0.15, 0.2) is 0 Å². The molecule has 2 amide bonds. The average molecular weight is 271 g/mol. The molecule has 2 fully saturated rings. The summed E-state index contributed by atoms with van der Waals surface area (Å²) in [6.45, 7) is 5.83. The second-order valence-corrected chi connectivity index (χ2v) is 5.85. The number of piperazine rings is 1. The van der Waals surface area contributed by atoms with Crippen molar-refractivity contribution in [1.29, 1.82) is 0 Å². The summed E-state index contributed by atoms with van der Waals surface area (Å²) in [5.41, 5.74) is 0. The fourth-order valence-electron chi connectivity index (χ4n) is 2.49. The lowest BCUT2D eigenvalue weighted by Crippen LogP contribution is -2.61. The Balaban J connectivity index is 2.03. The lowest BCUT2D eigenvalue weighted by Gasteiger charge is -2.41. The highest BCUT2D eigenvalue weighted by Gasteiger charge is 2.36. The van der Waals surface area contributed by atoms with Crippen LogP contribution in [-0.2, 0) is 4.79 Å². The number of carbonyl (C=O) groups is 2. The van der Waals surface area contributed by atoms with E-state index in [1.165, 1.54) is 11.8 Å². The zero-order valence-electron chi connectivity index (χ0n) is 10.9. The van der Waals surface area contributed by atoms with Crippen LogP contribution in [-0.4, -0.2) is 53.0 Å². The number of nitrogens with one attached hydrogen (secondary N) is 2. The van der Waals surface area contributed by atoms with Gasteiger partial charge in [-0.15, -0.1) is 0 Å². The summed E-state index contributed by atoms with van der Waals surface area (Å²) in [7, 11) is 0. The molecule has 3 unspecified atom stereocenters. The van der Waals surface area contributed by atoms with E-state index in [-0.39, 0.29) is 23.2 Å². The Morgan fingerprint density at radius 3 is 2.78 bits per heavy atom. The smallest absolute Gasteiger partial charge is 0.279 e. The summed E-state index contributed by atoms with van der Waals surface area (Å²) in [6.07, 6.45) is 1.97. The molecule has 6 heteroatoms. The van der Waals surface area contributed by atoms with Crippen LogP contribution in [0.4, 0.5) is 4.79 Å². The average Bonchev–Trinajstić information content (AvgIpc) is 2.83. The number of rotatable bonds is 3. The Bertz CT molecular complexity index is 337. The van der Waals surface area contributed by atoms with Crippen molar-refractivity contribution in [3.05, 3.63) is 0 Å². The molecule has 0 aromatic carbocycles. The second-order valence-electron chi connectivity index (χ2n) is 4.86. The third-order valence-corrected chi connectivity index (χ3v) is 4.60. The van der Waals surface area contributed by atoms with Gasteiger partial charge in [-0.1, -0.05) is 25.6 Å². The summed E-state index contributed by atoms with van der Waals surface area (Å²) < 4.78 is 0. The van der Waals surface area contributed by atoms with Crippen LogP contribution in [0.1, 0.15) is 26.7 Å². The summed E-state index contributed by atoms with van der Waals surface area (Å²) in [5.74, 6) is 0.648. The van der Waals surface area contributed by atoms with E-state index in [4.69, 9.17) is 0 Å². The van der Waals surface area contributed by atoms with Crippen molar-refractivity contribution < 1.29 is 9.59 Å². The van der Waals surface area contributed by atoms with Gasteiger partial charge in [-0.3, -0.25) is 9.59 Å². The number of hydrogen-bond acceptors (Lipinski definition) is 4. The maximum atomic E-state index is 12.4.